The molecule has 5 nitrogen and oxygen atoms in total. The van der Waals surface area contributed by atoms with E-state index in [1.807, 2.05) is 56.3 Å². The largest absolute Gasteiger partial charge is 0.389 e. The first kappa shape index (κ1) is 19.6. The fourth-order valence-electron chi connectivity index (χ4n) is 4.64. The first-order valence-electron chi connectivity index (χ1n) is 9.83. The molecular formula is C23H26FN3O2. The second-order valence-corrected chi connectivity index (χ2v) is 7.99. The third-order valence-corrected chi connectivity index (χ3v) is 6.32. The summed E-state index contributed by atoms with van der Waals surface area (Å²) in [5.41, 5.74) is 1.94. The average molecular weight is 395 g/mol. The number of carbonyl (C=O) groups is 1. The number of nitrogens with one attached hydrogen (secondary N) is 1. The molecule has 1 aromatic heterocycles. The molecular weight excluding hydrogens is 369 g/mol. The molecule has 2 N–H and O–H groups in total. The van der Waals surface area contributed by atoms with E-state index in [1.165, 1.54) is 6.07 Å². The Labute approximate surface area is 169 Å². The lowest BCUT2D eigenvalue weighted by atomic mass is 9.77. The fraction of sp³-hybridized carbons (Fsp3) is 0.348. The third kappa shape index (κ3) is 3.03. The SMILES string of the molecule is Cc1c(C(=O)N2CC[C@@](c3ccccc3)(N(C)C)[C@H](O)C2)[nH]c2c(F)cccc12. The maximum Gasteiger partial charge on any atom is 0.270 e. The predicted molar refractivity (Wildman–Crippen MR) is 111 cm³/mol. The van der Waals surface area contributed by atoms with Crippen LogP contribution in [0.1, 0.15) is 28.0 Å². The van der Waals surface area contributed by atoms with Crippen LogP contribution < -0.4 is 0 Å². The second kappa shape index (κ2) is 7.28. The molecule has 1 fully saturated rings. The highest BCUT2D eigenvalue weighted by molar-refractivity contribution is 6.01. The van der Waals surface area contributed by atoms with Gasteiger partial charge in [0, 0.05) is 18.5 Å². The van der Waals surface area contributed by atoms with Gasteiger partial charge in [-0.2, -0.15) is 0 Å². The van der Waals surface area contributed by atoms with Gasteiger partial charge in [-0.15, -0.1) is 0 Å². The van der Waals surface area contributed by atoms with E-state index in [2.05, 4.69) is 4.98 Å². The van der Waals surface area contributed by atoms with E-state index >= 15 is 0 Å². The molecule has 0 bridgehead atoms. The number of piperidine rings is 1. The van der Waals surface area contributed by atoms with Crippen LogP contribution in [0.5, 0.6) is 0 Å². The number of rotatable bonds is 3. The van der Waals surface area contributed by atoms with Crippen LogP contribution in [0.15, 0.2) is 48.5 Å². The van der Waals surface area contributed by atoms with E-state index in [0.717, 1.165) is 11.1 Å². The van der Waals surface area contributed by atoms with Gasteiger partial charge in [-0.3, -0.25) is 9.69 Å². The molecule has 152 valence electrons. The number of para-hydroxylation sites is 1. The van der Waals surface area contributed by atoms with Crippen molar-refractivity contribution in [2.24, 2.45) is 0 Å². The Balaban J connectivity index is 1.64. The van der Waals surface area contributed by atoms with E-state index in [1.54, 1.807) is 17.0 Å². The molecule has 0 spiro atoms. The fourth-order valence-corrected chi connectivity index (χ4v) is 4.64. The molecule has 1 aliphatic rings. The van der Waals surface area contributed by atoms with Crippen molar-refractivity contribution in [1.29, 1.82) is 0 Å². The summed E-state index contributed by atoms with van der Waals surface area (Å²) >= 11 is 0. The van der Waals surface area contributed by atoms with Crippen LogP contribution in [0.4, 0.5) is 4.39 Å². The van der Waals surface area contributed by atoms with Crippen LogP contribution in [0.25, 0.3) is 10.9 Å². The lowest BCUT2D eigenvalue weighted by Gasteiger charge is -2.49. The Morgan fingerprint density at radius 2 is 1.93 bits per heavy atom. The highest BCUT2D eigenvalue weighted by atomic mass is 19.1. The summed E-state index contributed by atoms with van der Waals surface area (Å²) < 4.78 is 14.1. The molecule has 0 radical (unpaired) electrons. The number of β-amino-alcohol motifs (C(OH)–C–C–N with tert-alkyl or cyclic N) is 1. The van der Waals surface area contributed by atoms with Crippen molar-refractivity contribution in [1.82, 2.24) is 14.8 Å². The van der Waals surface area contributed by atoms with E-state index in [9.17, 15) is 14.3 Å². The van der Waals surface area contributed by atoms with Gasteiger partial charge in [-0.1, -0.05) is 42.5 Å². The van der Waals surface area contributed by atoms with Gasteiger partial charge in [-0.25, -0.2) is 4.39 Å². The van der Waals surface area contributed by atoms with Crippen molar-refractivity contribution in [3.05, 3.63) is 71.2 Å². The quantitative estimate of drug-likeness (QED) is 0.716. The van der Waals surface area contributed by atoms with Gasteiger partial charge in [0.05, 0.1) is 17.2 Å². The van der Waals surface area contributed by atoms with Gasteiger partial charge in [0.1, 0.15) is 11.5 Å². The number of likely N-dealkylation sites (N-methyl/N-ethyl adjacent to an activating group) is 1. The number of amides is 1. The van der Waals surface area contributed by atoms with Crippen LogP contribution in [-0.4, -0.2) is 59.1 Å². The number of hydrogen-bond donors (Lipinski definition) is 2. The molecule has 29 heavy (non-hydrogen) atoms. The lowest BCUT2D eigenvalue weighted by molar-refractivity contribution is -0.0613. The Bertz CT molecular complexity index is 1050. The van der Waals surface area contributed by atoms with E-state index < -0.39 is 11.6 Å². The zero-order valence-corrected chi connectivity index (χ0v) is 16.9. The lowest BCUT2D eigenvalue weighted by Crippen LogP contribution is -2.60. The van der Waals surface area contributed by atoms with Crippen molar-refractivity contribution >= 4 is 16.8 Å². The minimum atomic E-state index is -0.751. The maximum absolute atomic E-state index is 14.1. The second-order valence-electron chi connectivity index (χ2n) is 7.99. The summed E-state index contributed by atoms with van der Waals surface area (Å²) in [5.74, 6) is -0.586. The summed E-state index contributed by atoms with van der Waals surface area (Å²) in [6, 6.07) is 14.7. The zero-order valence-electron chi connectivity index (χ0n) is 16.9. The number of nitrogens with zero attached hydrogens (tertiary/aromatic N) is 2. The molecule has 2 atom stereocenters. The molecule has 1 saturated heterocycles. The Kier molecular flexibility index (Phi) is 4.92. The van der Waals surface area contributed by atoms with Crippen LogP contribution >= 0.6 is 0 Å². The van der Waals surface area contributed by atoms with Gasteiger partial charge < -0.3 is 15.0 Å². The number of aliphatic hydroxyl groups is 1. The Morgan fingerprint density at radius 3 is 2.55 bits per heavy atom. The van der Waals surface area contributed by atoms with E-state index in [4.69, 9.17) is 0 Å². The first-order chi connectivity index (χ1) is 13.9. The maximum atomic E-state index is 14.1. The molecule has 0 saturated carbocycles. The third-order valence-electron chi connectivity index (χ3n) is 6.32. The van der Waals surface area contributed by atoms with E-state index in [-0.39, 0.29) is 18.3 Å². The number of H-pyrrole nitrogens is 1. The van der Waals surface area contributed by atoms with Gasteiger partial charge in [0.25, 0.3) is 5.91 Å². The van der Waals surface area contributed by atoms with Crippen molar-refractivity contribution in [2.75, 3.05) is 27.2 Å². The number of halogens is 1. The van der Waals surface area contributed by atoms with Gasteiger partial charge in [0.15, 0.2) is 0 Å². The predicted octanol–water partition coefficient (Wildman–Crippen LogP) is 3.28. The monoisotopic (exact) mass is 395 g/mol. The first-order valence-corrected chi connectivity index (χ1v) is 9.83. The summed E-state index contributed by atoms with van der Waals surface area (Å²) in [5, 5.41) is 11.9. The number of likely N-dealkylation sites (tertiary alicyclic amines) is 1. The Hall–Kier alpha value is -2.70. The number of benzene rings is 2. The van der Waals surface area contributed by atoms with Crippen LogP contribution in [0.2, 0.25) is 0 Å². The number of aryl methyl sites for hydroxylation is 1. The molecule has 2 aromatic carbocycles. The molecule has 1 aliphatic heterocycles. The minimum Gasteiger partial charge on any atom is -0.389 e. The minimum absolute atomic E-state index is 0.211. The average Bonchev–Trinajstić information content (AvgIpc) is 3.06. The zero-order chi connectivity index (χ0) is 20.8. The van der Waals surface area contributed by atoms with Crippen molar-refractivity contribution in [2.45, 2.75) is 25.0 Å². The number of carbonyl (C=O) groups excluding carboxylic acids is 1. The highest BCUT2D eigenvalue weighted by Crippen LogP contribution is 2.38. The molecule has 0 unspecified atom stereocenters. The Morgan fingerprint density at radius 1 is 1.21 bits per heavy atom. The number of aromatic nitrogens is 1. The van der Waals surface area contributed by atoms with Gasteiger partial charge in [-0.05, 0) is 44.6 Å². The van der Waals surface area contributed by atoms with Gasteiger partial charge >= 0.3 is 0 Å². The number of hydrogen-bond acceptors (Lipinski definition) is 3. The molecule has 3 aromatic rings. The van der Waals surface area contributed by atoms with Crippen LogP contribution in [-0.2, 0) is 5.54 Å². The standard InChI is InChI=1S/C23H26FN3O2/c1-15-17-10-7-11-18(24)21(17)25-20(15)22(29)27-13-12-23(26(2)3,19(28)14-27)16-8-5-4-6-9-16/h4-11,19,25,28H,12-14H2,1-3H3/t19-,23+/m1/s1. The number of aromatic amines is 1. The van der Waals surface area contributed by atoms with Crippen LogP contribution in [0, 0.1) is 12.7 Å². The van der Waals surface area contributed by atoms with Crippen molar-refractivity contribution in [3.8, 4) is 0 Å². The van der Waals surface area contributed by atoms with Gasteiger partial charge in [0.2, 0.25) is 0 Å². The molecule has 4 rings (SSSR count). The molecule has 2 heterocycles. The molecule has 6 heteroatoms. The van der Waals surface area contributed by atoms with Crippen molar-refractivity contribution < 1.29 is 14.3 Å². The molecule has 0 aliphatic carbocycles. The highest BCUT2D eigenvalue weighted by Gasteiger charge is 2.46. The van der Waals surface area contributed by atoms with Crippen LogP contribution in [0.3, 0.4) is 0 Å². The summed E-state index contributed by atoms with van der Waals surface area (Å²) in [4.78, 5) is 19.9. The number of aliphatic hydroxyl groups excluding tert-OH is 1. The topological polar surface area (TPSA) is 59.6 Å². The smallest absolute Gasteiger partial charge is 0.270 e. The van der Waals surface area contributed by atoms with E-state index in [0.29, 0.717) is 29.6 Å². The van der Waals surface area contributed by atoms with Crippen molar-refractivity contribution in [3.63, 3.8) is 0 Å². The summed E-state index contributed by atoms with van der Waals surface area (Å²) in [7, 11) is 3.91. The normalized spacial score (nSPS) is 22.4. The summed E-state index contributed by atoms with van der Waals surface area (Å²) in [6.07, 6.45) is -0.149. The number of fused-ring (bicyclic) bond motifs is 1. The molecule has 1 amide bonds. The summed E-state index contributed by atoms with van der Waals surface area (Å²) in [6.45, 7) is 2.53.